The van der Waals surface area contributed by atoms with E-state index in [0.29, 0.717) is 0 Å². The lowest BCUT2D eigenvalue weighted by atomic mass is 9.82. The number of ketones is 2. The molecule has 0 aliphatic heterocycles. The quantitative estimate of drug-likeness (QED) is 0.407. The fourth-order valence-corrected chi connectivity index (χ4v) is 2.54. The molecular formula is C14H6N2O8. The predicted molar refractivity (Wildman–Crippen MR) is 76.4 cm³/mol. The Morgan fingerprint density at radius 1 is 0.833 bits per heavy atom. The van der Waals surface area contributed by atoms with Crippen molar-refractivity contribution in [3.8, 4) is 11.5 Å². The number of hydrogen-bond acceptors (Lipinski definition) is 8. The van der Waals surface area contributed by atoms with Gasteiger partial charge < -0.3 is 10.2 Å². The van der Waals surface area contributed by atoms with Crippen molar-refractivity contribution in [2.75, 3.05) is 0 Å². The van der Waals surface area contributed by atoms with Crippen LogP contribution >= 0.6 is 0 Å². The molecule has 0 spiro atoms. The first-order valence-electron chi connectivity index (χ1n) is 6.35. The van der Waals surface area contributed by atoms with E-state index in [2.05, 4.69) is 0 Å². The van der Waals surface area contributed by atoms with Crippen molar-refractivity contribution in [2.45, 2.75) is 0 Å². The van der Waals surface area contributed by atoms with Gasteiger partial charge in [-0.3, -0.25) is 29.8 Å². The number of nitro benzene ring substituents is 2. The van der Waals surface area contributed by atoms with Gasteiger partial charge in [0.25, 0.3) is 5.69 Å². The van der Waals surface area contributed by atoms with Crippen molar-refractivity contribution in [2.24, 2.45) is 0 Å². The lowest BCUT2D eigenvalue weighted by Gasteiger charge is -2.17. The summed E-state index contributed by atoms with van der Waals surface area (Å²) in [7, 11) is 0. The van der Waals surface area contributed by atoms with Gasteiger partial charge in [-0.25, -0.2) is 0 Å². The minimum atomic E-state index is -1.16. The fourth-order valence-electron chi connectivity index (χ4n) is 2.54. The van der Waals surface area contributed by atoms with E-state index in [4.69, 9.17) is 0 Å². The summed E-state index contributed by atoms with van der Waals surface area (Å²) in [5.41, 5.74) is -3.33. The number of carbonyl (C=O) groups is 2. The van der Waals surface area contributed by atoms with E-state index in [1.807, 2.05) is 0 Å². The third kappa shape index (κ3) is 1.90. The average molecular weight is 330 g/mol. The van der Waals surface area contributed by atoms with E-state index >= 15 is 0 Å². The number of carbonyl (C=O) groups excluding carboxylic acids is 2. The molecule has 10 nitrogen and oxygen atoms in total. The Bertz CT molecular complexity index is 979. The van der Waals surface area contributed by atoms with Gasteiger partial charge in [0.2, 0.25) is 11.5 Å². The van der Waals surface area contributed by atoms with Crippen LogP contribution in [-0.4, -0.2) is 31.6 Å². The second kappa shape index (κ2) is 4.84. The maximum atomic E-state index is 12.5. The molecule has 10 heteroatoms. The summed E-state index contributed by atoms with van der Waals surface area (Å²) in [4.78, 5) is 45.1. The number of phenolic OH excluding ortho intramolecular Hbond substituents is 2. The van der Waals surface area contributed by atoms with E-state index in [-0.39, 0.29) is 11.1 Å². The van der Waals surface area contributed by atoms with E-state index in [0.717, 1.165) is 24.3 Å². The molecule has 24 heavy (non-hydrogen) atoms. The molecule has 0 heterocycles. The molecule has 120 valence electrons. The Balaban J connectivity index is 2.38. The SMILES string of the molecule is O=C1c2ccc([N+](=O)[O-])cc2C(=O)c2c1cc(O)c(O)c2[N+](=O)[O-]. The third-order valence-electron chi connectivity index (χ3n) is 3.61. The third-order valence-corrected chi connectivity index (χ3v) is 3.61. The van der Waals surface area contributed by atoms with Crippen LogP contribution in [0.4, 0.5) is 11.4 Å². The highest BCUT2D eigenvalue weighted by atomic mass is 16.6. The number of nitrogens with zero attached hydrogens (tertiary/aromatic N) is 2. The molecule has 0 aromatic heterocycles. The zero-order valence-electron chi connectivity index (χ0n) is 11.5. The highest BCUT2D eigenvalue weighted by Crippen LogP contribution is 2.44. The molecule has 0 radical (unpaired) electrons. The topological polar surface area (TPSA) is 161 Å². The molecule has 0 saturated carbocycles. The van der Waals surface area contributed by atoms with Crippen LogP contribution in [0.2, 0.25) is 0 Å². The Hall–Kier alpha value is -3.82. The summed E-state index contributed by atoms with van der Waals surface area (Å²) < 4.78 is 0. The molecule has 1 aliphatic rings. The molecule has 0 amide bonds. The number of benzene rings is 2. The van der Waals surface area contributed by atoms with Crippen LogP contribution in [-0.2, 0) is 0 Å². The van der Waals surface area contributed by atoms with E-state index < -0.39 is 55.4 Å². The molecule has 0 bridgehead atoms. The standard InChI is InChI=1S/C14H6N2O8/c17-9-4-8-10(11(14(9)20)16(23)24)13(19)7-3-5(15(21)22)1-2-6(7)12(8)18/h1-4,17,20H. The van der Waals surface area contributed by atoms with Crippen molar-refractivity contribution >= 4 is 22.9 Å². The van der Waals surface area contributed by atoms with Gasteiger partial charge >= 0.3 is 5.69 Å². The molecular weight excluding hydrogens is 324 g/mol. The summed E-state index contributed by atoms with van der Waals surface area (Å²) >= 11 is 0. The second-order valence-electron chi connectivity index (χ2n) is 4.92. The smallest absolute Gasteiger partial charge is 0.326 e. The van der Waals surface area contributed by atoms with Gasteiger partial charge in [-0.2, -0.15) is 0 Å². The van der Waals surface area contributed by atoms with Gasteiger partial charge in [-0.15, -0.1) is 0 Å². The highest BCUT2D eigenvalue weighted by Gasteiger charge is 2.40. The summed E-state index contributed by atoms with van der Waals surface area (Å²) in [5.74, 6) is -3.93. The Kier molecular flexibility index (Phi) is 3.04. The lowest BCUT2D eigenvalue weighted by Crippen LogP contribution is -2.22. The van der Waals surface area contributed by atoms with E-state index in [1.54, 1.807) is 0 Å². The monoisotopic (exact) mass is 330 g/mol. The van der Waals surface area contributed by atoms with Gasteiger partial charge in [0.15, 0.2) is 11.5 Å². The van der Waals surface area contributed by atoms with Crippen molar-refractivity contribution in [3.05, 3.63) is 66.7 Å². The van der Waals surface area contributed by atoms with Gasteiger partial charge in [0.05, 0.1) is 9.85 Å². The zero-order valence-corrected chi connectivity index (χ0v) is 11.5. The number of fused-ring (bicyclic) bond motifs is 2. The Morgan fingerprint density at radius 3 is 2.08 bits per heavy atom. The first kappa shape index (κ1) is 15.1. The second-order valence-corrected chi connectivity index (χ2v) is 4.92. The van der Waals surface area contributed by atoms with Crippen LogP contribution in [0.25, 0.3) is 0 Å². The number of hydrogen-bond donors (Lipinski definition) is 2. The predicted octanol–water partition coefficient (Wildman–Crippen LogP) is 1.69. The highest BCUT2D eigenvalue weighted by molar-refractivity contribution is 6.30. The number of aromatic hydroxyl groups is 2. The zero-order chi connectivity index (χ0) is 17.8. The lowest BCUT2D eigenvalue weighted by molar-refractivity contribution is -0.386. The Labute approximate surface area is 131 Å². The maximum Gasteiger partial charge on any atom is 0.326 e. The number of phenols is 2. The van der Waals surface area contributed by atoms with Gasteiger partial charge in [0, 0.05) is 28.8 Å². The summed E-state index contributed by atoms with van der Waals surface area (Å²) in [6, 6.07) is 3.67. The molecule has 2 N–H and O–H groups in total. The first-order chi connectivity index (χ1) is 11.2. The van der Waals surface area contributed by atoms with E-state index in [9.17, 15) is 40.0 Å². The van der Waals surface area contributed by atoms with Crippen molar-refractivity contribution in [3.63, 3.8) is 0 Å². The first-order valence-corrected chi connectivity index (χ1v) is 6.35. The van der Waals surface area contributed by atoms with Gasteiger partial charge in [-0.05, 0) is 12.1 Å². The van der Waals surface area contributed by atoms with Crippen molar-refractivity contribution in [1.29, 1.82) is 0 Å². The van der Waals surface area contributed by atoms with Crippen molar-refractivity contribution in [1.82, 2.24) is 0 Å². The fraction of sp³-hybridized carbons (Fsp3) is 0. The molecule has 0 fully saturated rings. The van der Waals surface area contributed by atoms with Crippen molar-refractivity contribution < 1.29 is 29.6 Å². The summed E-state index contributed by atoms with van der Waals surface area (Å²) in [6.45, 7) is 0. The molecule has 2 aromatic rings. The minimum Gasteiger partial charge on any atom is -0.504 e. The van der Waals surface area contributed by atoms with Crippen LogP contribution < -0.4 is 0 Å². The molecule has 0 unspecified atom stereocenters. The maximum absolute atomic E-state index is 12.5. The average Bonchev–Trinajstić information content (AvgIpc) is 2.53. The summed E-state index contributed by atoms with van der Waals surface area (Å²) in [6.07, 6.45) is 0. The van der Waals surface area contributed by atoms with Crippen LogP contribution in [0.15, 0.2) is 24.3 Å². The summed E-state index contributed by atoms with van der Waals surface area (Å²) in [5, 5.41) is 41.2. The Morgan fingerprint density at radius 2 is 1.50 bits per heavy atom. The molecule has 3 rings (SSSR count). The molecule has 0 saturated heterocycles. The molecule has 2 aromatic carbocycles. The van der Waals surface area contributed by atoms with Gasteiger partial charge in [0.1, 0.15) is 5.56 Å². The number of nitro groups is 2. The van der Waals surface area contributed by atoms with Crippen LogP contribution in [0.3, 0.4) is 0 Å². The minimum absolute atomic E-state index is 0.183. The van der Waals surface area contributed by atoms with Crippen LogP contribution in [0.5, 0.6) is 11.5 Å². The van der Waals surface area contributed by atoms with Crippen LogP contribution in [0, 0.1) is 20.2 Å². The molecule has 0 atom stereocenters. The normalized spacial score (nSPS) is 12.5. The van der Waals surface area contributed by atoms with E-state index in [1.165, 1.54) is 0 Å². The van der Waals surface area contributed by atoms with Crippen LogP contribution in [0.1, 0.15) is 31.8 Å². The number of rotatable bonds is 2. The molecule has 1 aliphatic carbocycles. The largest absolute Gasteiger partial charge is 0.504 e. The van der Waals surface area contributed by atoms with Gasteiger partial charge in [-0.1, -0.05) is 0 Å². The number of non-ortho nitro benzene ring substituents is 1.